The van der Waals surface area contributed by atoms with Gasteiger partial charge in [0.05, 0.1) is 0 Å². The Morgan fingerprint density at radius 2 is 1.48 bits per heavy atom. The van der Waals surface area contributed by atoms with Crippen LogP contribution in [0.1, 0.15) is 47.9 Å². The maximum absolute atomic E-state index is 12.3. The molecule has 5 N–H and O–H groups in total. The largest absolute Gasteiger partial charge is 0.333 e. The Morgan fingerprint density at radius 3 is 1.97 bits per heavy atom. The molecule has 0 radical (unpaired) electrons. The van der Waals surface area contributed by atoms with Crippen LogP contribution in [0.3, 0.4) is 0 Å². The number of nitrogens with two attached hydrogens (primary N) is 1. The third kappa shape index (κ3) is 9.21. The first-order valence-corrected chi connectivity index (χ1v) is 13.4. The Morgan fingerprint density at radius 1 is 0.939 bits per heavy atom. The van der Waals surface area contributed by atoms with E-state index < -0.39 is 16.2 Å². The molecule has 0 fully saturated rings. The van der Waals surface area contributed by atoms with E-state index in [-0.39, 0.29) is 6.54 Å². The van der Waals surface area contributed by atoms with Crippen LogP contribution in [-0.2, 0) is 35.9 Å². The SMILES string of the molecule is CN(C)CCCN.CN(C)CCCNS(=O)(=O)NC(=O)Nc1c2c(cc3c1CCC3)CCC2. The summed E-state index contributed by atoms with van der Waals surface area (Å²) in [7, 11) is 4.10. The van der Waals surface area contributed by atoms with Gasteiger partial charge in [-0.3, -0.25) is 0 Å². The number of nitrogens with one attached hydrogen (secondary N) is 3. The van der Waals surface area contributed by atoms with Gasteiger partial charge in [-0.15, -0.1) is 0 Å². The number of carbonyl (C=O) groups excluding carboxylic acids is 1. The van der Waals surface area contributed by atoms with Gasteiger partial charge in [0.25, 0.3) is 0 Å². The maximum Gasteiger partial charge on any atom is 0.333 e. The van der Waals surface area contributed by atoms with Crippen molar-refractivity contribution in [1.29, 1.82) is 0 Å². The molecule has 0 unspecified atom stereocenters. The number of amides is 2. The summed E-state index contributed by atoms with van der Waals surface area (Å²) in [6.45, 7) is 2.97. The smallest absolute Gasteiger partial charge is 0.330 e. The van der Waals surface area contributed by atoms with E-state index in [9.17, 15) is 13.2 Å². The highest BCUT2D eigenvalue weighted by Crippen LogP contribution is 2.38. The van der Waals surface area contributed by atoms with E-state index in [4.69, 9.17) is 5.73 Å². The van der Waals surface area contributed by atoms with E-state index in [0.29, 0.717) is 6.42 Å². The second kappa shape index (κ2) is 13.2. The molecule has 0 heterocycles. The average Bonchev–Trinajstić information content (AvgIpc) is 3.38. The second-order valence-electron chi connectivity index (χ2n) is 9.29. The molecule has 2 aliphatic carbocycles. The van der Waals surface area contributed by atoms with Gasteiger partial charge in [0, 0.05) is 12.2 Å². The van der Waals surface area contributed by atoms with Crippen LogP contribution < -0.4 is 20.5 Å². The van der Waals surface area contributed by atoms with Crippen LogP contribution in [0.2, 0.25) is 0 Å². The lowest BCUT2D eigenvalue weighted by atomic mass is 9.99. The minimum Gasteiger partial charge on any atom is -0.330 e. The normalized spacial score (nSPS) is 14.6. The Labute approximate surface area is 199 Å². The molecule has 0 saturated carbocycles. The quantitative estimate of drug-likeness (QED) is 0.375. The van der Waals surface area contributed by atoms with E-state index in [1.54, 1.807) is 0 Å². The molecule has 9 nitrogen and oxygen atoms in total. The van der Waals surface area contributed by atoms with Crippen molar-refractivity contribution in [2.45, 2.75) is 51.4 Å². The van der Waals surface area contributed by atoms with Crippen molar-refractivity contribution in [3.8, 4) is 0 Å². The van der Waals surface area contributed by atoms with Crippen molar-refractivity contribution >= 4 is 21.9 Å². The fraction of sp³-hybridized carbons (Fsp3) is 0.696. The number of fused-ring (bicyclic) bond motifs is 2. The number of anilines is 1. The van der Waals surface area contributed by atoms with Gasteiger partial charge in [-0.2, -0.15) is 13.1 Å². The summed E-state index contributed by atoms with van der Waals surface area (Å²) in [5.74, 6) is 0. The molecule has 2 amide bonds. The van der Waals surface area contributed by atoms with Gasteiger partial charge in [0.2, 0.25) is 0 Å². The highest BCUT2D eigenvalue weighted by molar-refractivity contribution is 7.88. The predicted octanol–water partition coefficient (Wildman–Crippen LogP) is 1.47. The number of rotatable bonds is 10. The summed E-state index contributed by atoms with van der Waals surface area (Å²) >= 11 is 0. The highest BCUT2D eigenvalue weighted by atomic mass is 32.2. The van der Waals surface area contributed by atoms with Gasteiger partial charge in [-0.1, -0.05) is 6.07 Å². The van der Waals surface area contributed by atoms with Crippen LogP contribution in [-0.4, -0.2) is 78.6 Å². The van der Waals surface area contributed by atoms with Gasteiger partial charge in [0.1, 0.15) is 0 Å². The zero-order valence-electron chi connectivity index (χ0n) is 20.7. The van der Waals surface area contributed by atoms with Crippen LogP contribution in [0.25, 0.3) is 0 Å². The molecule has 3 rings (SSSR count). The molecule has 0 aromatic heterocycles. The Hall–Kier alpha value is -1.72. The molecule has 0 spiro atoms. The lowest BCUT2D eigenvalue weighted by Crippen LogP contribution is -2.43. The first-order valence-electron chi connectivity index (χ1n) is 11.9. The van der Waals surface area contributed by atoms with Crippen molar-refractivity contribution in [2.75, 3.05) is 59.7 Å². The zero-order valence-corrected chi connectivity index (χ0v) is 21.5. The maximum atomic E-state index is 12.3. The summed E-state index contributed by atoms with van der Waals surface area (Å²) in [6, 6.07) is 1.58. The predicted molar refractivity (Wildman–Crippen MR) is 135 cm³/mol. The summed E-state index contributed by atoms with van der Waals surface area (Å²) < 4.78 is 28.6. The minimum atomic E-state index is -3.86. The Balaban J connectivity index is 0.000000479. The topological polar surface area (TPSA) is 120 Å². The fourth-order valence-corrected chi connectivity index (χ4v) is 5.05. The van der Waals surface area contributed by atoms with E-state index in [2.05, 4.69) is 39.8 Å². The standard InChI is InChI=1S/C18H28N4O3S.C5H14N2/c1-22(2)11-5-10-19-26(24,25)21-18(23)20-17-15-8-3-6-13(15)12-14-7-4-9-16(14)17;1-7(2)5-3-4-6/h12,19H,3-11H2,1-2H3,(H2,20,21,23);3-6H2,1-2H3. The number of aryl methyl sites for hydroxylation is 2. The van der Waals surface area contributed by atoms with Crippen molar-refractivity contribution in [2.24, 2.45) is 5.73 Å². The number of urea groups is 1. The van der Waals surface area contributed by atoms with Crippen LogP contribution in [0.4, 0.5) is 10.5 Å². The first kappa shape index (κ1) is 27.5. The number of hydrogen-bond donors (Lipinski definition) is 4. The molecule has 2 aliphatic rings. The van der Waals surface area contributed by atoms with Gasteiger partial charge in [0.15, 0.2) is 0 Å². The van der Waals surface area contributed by atoms with Crippen molar-refractivity contribution < 1.29 is 13.2 Å². The zero-order chi connectivity index (χ0) is 24.4. The van der Waals surface area contributed by atoms with Crippen LogP contribution in [0.15, 0.2) is 6.07 Å². The van der Waals surface area contributed by atoms with Crippen molar-refractivity contribution in [3.63, 3.8) is 0 Å². The molecular weight excluding hydrogens is 440 g/mol. The Kier molecular flexibility index (Phi) is 11.0. The molecule has 0 atom stereocenters. The molecule has 188 valence electrons. The third-order valence-corrected chi connectivity index (χ3v) is 6.86. The van der Waals surface area contributed by atoms with Gasteiger partial charge >= 0.3 is 16.2 Å². The van der Waals surface area contributed by atoms with E-state index >= 15 is 0 Å². The van der Waals surface area contributed by atoms with Crippen LogP contribution in [0, 0.1) is 0 Å². The second-order valence-corrected chi connectivity index (χ2v) is 10.8. The van der Waals surface area contributed by atoms with E-state index in [0.717, 1.165) is 70.3 Å². The van der Waals surface area contributed by atoms with Gasteiger partial charge in [-0.05, 0) is 121 Å². The van der Waals surface area contributed by atoms with Crippen molar-refractivity contribution in [1.82, 2.24) is 19.2 Å². The van der Waals surface area contributed by atoms with Crippen molar-refractivity contribution in [3.05, 3.63) is 28.3 Å². The molecule has 1 aromatic rings. The Bertz CT molecular complexity index is 854. The molecule has 1 aromatic carbocycles. The van der Waals surface area contributed by atoms with Gasteiger partial charge < -0.3 is 20.9 Å². The number of nitrogens with zero attached hydrogens (tertiary/aromatic N) is 2. The summed E-state index contributed by atoms with van der Waals surface area (Å²) in [5.41, 5.74) is 11.0. The molecule has 0 bridgehead atoms. The lowest BCUT2D eigenvalue weighted by Gasteiger charge is -2.17. The highest BCUT2D eigenvalue weighted by Gasteiger charge is 2.25. The average molecular weight is 483 g/mol. The van der Waals surface area contributed by atoms with Crippen LogP contribution in [0.5, 0.6) is 0 Å². The third-order valence-electron chi connectivity index (χ3n) is 5.82. The van der Waals surface area contributed by atoms with E-state index in [1.807, 2.05) is 19.0 Å². The van der Waals surface area contributed by atoms with E-state index in [1.165, 1.54) is 22.3 Å². The molecule has 0 aliphatic heterocycles. The summed E-state index contributed by atoms with van der Waals surface area (Å²) in [5, 5.41) is 2.83. The summed E-state index contributed by atoms with van der Waals surface area (Å²) in [6.07, 6.45) is 7.89. The van der Waals surface area contributed by atoms with Gasteiger partial charge in [-0.25, -0.2) is 9.52 Å². The number of benzene rings is 1. The molecular formula is C23H42N6O3S. The monoisotopic (exact) mass is 482 g/mol. The minimum absolute atomic E-state index is 0.289. The molecule has 0 saturated heterocycles. The lowest BCUT2D eigenvalue weighted by molar-refractivity contribution is 0.256. The fourth-order valence-electron chi connectivity index (χ4n) is 4.27. The number of hydrogen-bond acceptors (Lipinski definition) is 6. The van der Waals surface area contributed by atoms with Crippen LogP contribution >= 0.6 is 0 Å². The number of carbonyl (C=O) groups is 1. The first-order chi connectivity index (χ1) is 15.6. The molecule has 10 heteroatoms. The summed E-state index contributed by atoms with van der Waals surface area (Å²) in [4.78, 5) is 16.4. The molecule has 33 heavy (non-hydrogen) atoms.